The fourth-order valence-corrected chi connectivity index (χ4v) is 3.91. The third-order valence-corrected chi connectivity index (χ3v) is 5.84. The first-order valence-electron chi connectivity index (χ1n) is 13.1. The van der Waals surface area contributed by atoms with Crippen LogP contribution in [0.15, 0.2) is 0 Å². The molecule has 0 spiro atoms. The monoisotopic (exact) mass is 398 g/mol. The fourth-order valence-electron chi connectivity index (χ4n) is 3.91. The lowest BCUT2D eigenvalue weighted by Crippen LogP contribution is -2.12. The lowest BCUT2D eigenvalue weighted by atomic mass is 10.0. The van der Waals surface area contributed by atoms with Crippen molar-refractivity contribution in [3.63, 3.8) is 0 Å². The molecular formula is C26H54O2. The Balaban J connectivity index is 3.01. The molecule has 0 aromatic carbocycles. The third kappa shape index (κ3) is 24.0. The normalized spacial score (nSPS) is 12.5. The van der Waals surface area contributed by atoms with Crippen LogP contribution in [-0.2, 0) is 4.74 Å². The summed E-state index contributed by atoms with van der Waals surface area (Å²) in [5.74, 6) is 0. The highest BCUT2D eigenvalue weighted by Crippen LogP contribution is 2.14. The van der Waals surface area contributed by atoms with E-state index in [2.05, 4.69) is 13.8 Å². The van der Waals surface area contributed by atoms with Gasteiger partial charge in [-0.1, -0.05) is 142 Å². The van der Waals surface area contributed by atoms with Gasteiger partial charge < -0.3 is 9.84 Å². The summed E-state index contributed by atoms with van der Waals surface area (Å²) >= 11 is 0. The van der Waals surface area contributed by atoms with Gasteiger partial charge in [0.25, 0.3) is 0 Å². The SMILES string of the molecule is CCCCCCCCCCCCCCCCCCCCCCOC(O)CCC. The van der Waals surface area contributed by atoms with E-state index in [-0.39, 0.29) is 0 Å². The Bertz CT molecular complexity index is 267. The fraction of sp³-hybridized carbons (Fsp3) is 1.00. The zero-order valence-electron chi connectivity index (χ0n) is 19.7. The third-order valence-electron chi connectivity index (χ3n) is 5.84. The summed E-state index contributed by atoms with van der Waals surface area (Å²) < 4.78 is 5.37. The van der Waals surface area contributed by atoms with Gasteiger partial charge in [0.2, 0.25) is 0 Å². The molecule has 0 aliphatic heterocycles. The van der Waals surface area contributed by atoms with Crippen molar-refractivity contribution < 1.29 is 9.84 Å². The van der Waals surface area contributed by atoms with Crippen LogP contribution < -0.4 is 0 Å². The van der Waals surface area contributed by atoms with E-state index in [0.29, 0.717) is 0 Å². The molecule has 0 aliphatic carbocycles. The van der Waals surface area contributed by atoms with Crippen molar-refractivity contribution in [3.05, 3.63) is 0 Å². The highest BCUT2D eigenvalue weighted by molar-refractivity contribution is 4.51. The maximum atomic E-state index is 9.49. The van der Waals surface area contributed by atoms with Crippen molar-refractivity contribution in [1.29, 1.82) is 0 Å². The van der Waals surface area contributed by atoms with Gasteiger partial charge in [-0.15, -0.1) is 0 Å². The van der Waals surface area contributed by atoms with Crippen molar-refractivity contribution in [1.82, 2.24) is 0 Å². The Morgan fingerprint density at radius 2 is 0.786 bits per heavy atom. The Kier molecular flexibility index (Phi) is 24.9. The number of ether oxygens (including phenoxy) is 1. The largest absolute Gasteiger partial charge is 0.368 e. The van der Waals surface area contributed by atoms with E-state index in [0.717, 1.165) is 25.9 Å². The zero-order chi connectivity index (χ0) is 20.5. The first kappa shape index (κ1) is 27.9. The molecule has 0 amide bonds. The number of aliphatic hydroxyl groups is 1. The molecular weight excluding hydrogens is 344 g/mol. The van der Waals surface area contributed by atoms with Crippen LogP contribution in [0.25, 0.3) is 0 Å². The molecule has 0 heterocycles. The van der Waals surface area contributed by atoms with Gasteiger partial charge in [0, 0.05) is 6.61 Å². The molecule has 170 valence electrons. The van der Waals surface area contributed by atoms with E-state index in [1.807, 2.05) is 0 Å². The molecule has 0 aromatic rings. The average Bonchev–Trinajstić information content (AvgIpc) is 2.69. The van der Waals surface area contributed by atoms with E-state index in [4.69, 9.17) is 4.74 Å². The molecule has 1 atom stereocenters. The molecule has 0 saturated carbocycles. The van der Waals surface area contributed by atoms with E-state index >= 15 is 0 Å². The summed E-state index contributed by atoms with van der Waals surface area (Å²) in [7, 11) is 0. The summed E-state index contributed by atoms with van der Waals surface area (Å²) in [5.41, 5.74) is 0. The average molecular weight is 399 g/mol. The van der Waals surface area contributed by atoms with Crippen LogP contribution in [0.2, 0.25) is 0 Å². The van der Waals surface area contributed by atoms with Gasteiger partial charge in [0.05, 0.1) is 0 Å². The van der Waals surface area contributed by atoms with Gasteiger partial charge in [-0.05, 0) is 12.8 Å². The van der Waals surface area contributed by atoms with Gasteiger partial charge in [-0.3, -0.25) is 0 Å². The smallest absolute Gasteiger partial charge is 0.154 e. The molecule has 0 radical (unpaired) electrons. The molecule has 0 aromatic heterocycles. The first-order chi connectivity index (χ1) is 13.8. The molecule has 0 rings (SSSR count). The standard InChI is InChI=1S/C26H54O2/c1-3-5-6-7-8-9-10-11-12-13-14-15-16-17-18-19-20-21-22-23-25-28-26(27)24-4-2/h26-27H,3-25H2,1-2H3. The lowest BCUT2D eigenvalue weighted by molar-refractivity contribution is -0.104. The molecule has 2 nitrogen and oxygen atoms in total. The minimum atomic E-state index is -0.537. The van der Waals surface area contributed by atoms with Crippen LogP contribution in [0.5, 0.6) is 0 Å². The zero-order valence-corrected chi connectivity index (χ0v) is 19.7. The van der Waals surface area contributed by atoms with Crippen LogP contribution in [0.1, 0.15) is 155 Å². The van der Waals surface area contributed by atoms with Gasteiger partial charge >= 0.3 is 0 Å². The minimum Gasteiger partial charge on any atom is -0.368 e. The van der Waals surface area contributed by atoms with Crippen LogP contribution in [0.4, 0.5) is 0 Å². The summed E-state index contributed by atoms with van der Waals surface area (Å²) in [6, 6.07) is 0. The summed E-state index contributed by atoms with van der Waals surface area (Å²) in [5, 5.41) is 9.49. The van der Waals surface area contributed by atoms with E-state index in [1.54, 1.807) is 0 Å². The predicted octanol–water partition coefficient (Wildman–Crippen LogP) is 8.94. The molecule has 0 saturated heterocycles. The topological polar surface area (TPSA) is 29.5 Å². The second-order valence-electron chi connectivity index (χ2n) is 8.83. The van der Waals surface area contributed by atoms with Crippen molar-refractivity contribution in [2.24, 2.45) is 0 Å². The maximum absolute atomic E-state index is 9.49. The molecule has 2 heteroatoms. The number of unbranched alkanes of at least 4 members (excludes halogenated alkanes) is 19. The van der Waals surface area contributed by atoms with Crippen molar-refractivity contribution in [2.75, 3.05) is 6.61 Å². The second-order valence-corrected chi connectivity index (χ2v) is 8.83. The quantitative estimate of drug-likeness (QED) is 0.130. The van der Waals surface area contributed by atoms with Crippen LogP contribution in [0, 0.1) is 0 Å². The minimum absolute atomic E-state index is 0.537. The lowest BCUT2D eigenvalue weighted by Gasteiger charge is -2.10. The number of hydrogen-bond acceptors (Lipinski definition) is 2. The van der Waals surface area contributed by atoms with E-state index in [9.17, 15) is 5.11 Å². The Hall–Kier alpha value is -0.0800. The van der Waals surface area contributed by atoms with Crippen molar-refractivity contribution >= 4 is 0 Å². The second kappa shape index (κ2) is 25.0. The summed E-state index contributed by atoms with van der Waals surface area (Å²) in [6.45, 7) is 5.09. The van der Waals surface area contributed by atoms with Crippen molar-refractivity contribution in [2.45, 2.75) is 161 Å². The number of rotatable bonds is 24. The number of hydrogen-bond donors (Lipinski definition) is 1. The van der Waals surface area contributed by atoms with Gasteiger partial charge in [-0.25, -0.2) is 0 Å². The first-order valence-corrected chi connectivity index (χ1v) is 13.1. The van der Waals surface area contributed by atoms with E-state index < -0.39 is 6.29 Å². The van der Waals surface area contributed by atoms with Crippen LogP contribution in [0.3, 0.4) is 0 Å². The molecule has 1 N–H and O–H groups in total. The molecule has 0 bridgehead atoms. The summed E-state index contributed by atoms with van der Waals surface area (Å²) in [4.78, 5) is 0. The highest BCUT2D eigenvalue weighted by atomic mass is 16.6. The maximum Gasteiger partial charge on any atom is 0.154 e. The Morgan fingerprint density at radius 1 is 0.464 bits per heavy atom. The molecule has 0 fully saturated rings. The van der Waals surface area contributed by atoms with Crippen LogP contribution >= 0.6 is 0 Å². The van der Waals surface area contributed by atoms with Gasteiger partial charge in [0.1, 0.15) is 0 Å². The molecule has 0 aliphatic rings. The molecule has 28 heavy (non-hydrogen) atoms. The number of aliphatic hydroxyl groups excluding tert-OH is 1. The molecule has 1 unspecified atom stereocenters. The van der Waals surface area contributed by atoms with Gasteiger partial charge in [0.15, 0.2) is 6.29 Å². The Morgan fingerprint density at radius 3 is 1.11 bits per heavy atom. The Labute approximate surface area is 178 Å². The highest BCUT2D eigenvalue weighted by Gasteiger charge is 2.01. The summed E-state index contributed by atoms with van der Waals surface area (Å²) in [6.07, 6.45) is 29.4. The van der Waals surface area contributed by atoms with Crippen LogP contribution in [-0.4, -0.2) is 18.0 Å². The van der Waals surface area contributed by atoms with E-state index in [1.165, 1.54) is 122 Å². The predicted molar refractivity (Wildman–Crippen MR) is 125 cm³/mol. The van der Waals surface area contributed by atoms with Crippen molar-refractivity contribution in [3.8, 4) is 0 Å². The van der Waals surface area contributed by atoms with Gasteiger partial charge in [-0.2, -0.15) is 0 Å².